The molecule has 1 aromatic heterocycles. The minimum Gasteiger partial charge on any atom is -0.481 e. The van der Waals surface area contributed by atoms with E-state index in [0.29, 0.717) is 11.8 Å². The van der Waals surface area contributed by atoms with Gasteiger partial charge in [-0.2, -0.15) is 13.2 Å². The van der Waals surface area contributed by atoms with Gasteiger partial charge in [-0.25, -0.2) is 9.97 Å². The Labute approximate surface area is 86.5 Å². The van der Waals surface area contributed by atoms with Crippen LogP contribution in [-0.4, -0.2) is 26.8 Å². The van der Waals surface area contributed by atoms with Gasteiger partial charge in [-0.05, 0) is 6.07 Å². The van der Waals surface area contributed by atoms with Gasteiger partial charge in [-0.15, -0.1) is 0 Å². The van der Waals surface area contributed by atoms with Crippen molar-refractivity contribution in [1.29, 1.82) is 0 Å². The molecule has 0 aromatic carbocycles. The minimum absolute atomic E-state index is 0.0141. The number of alkyl halides is 3. The Hall–Kier alpha value is -1.31. The zero-order valence-electron chi connectivity index (χ0n) is 7.15. The lowest BCUT2D eigenvalue weighted by Gasteiger charge is -2.05. The smallest absolute Gasteiger partial charge is 0.451 e. The normalized spacial score (nSPS) is 11.4. The number of halogens is 3. The van der Waals surface area contributed by atoms with E-state index in [1.807, 2.05) is 0 Å². The number of hydrogen-bond donors (Lipinski definition) is 1. The van der Waals surface area contributed by atoms with Gasteiger partial charge in [0.05, 0.1) is 5.75 Å². The molecule has 82 valence electrons. The van der Waals surface area contributed by atoms with E-state index < -0.39 is 18.0 Å². The van der Waals surface area contributed by atoms with Crippen molar-refractivity contribution in [3.8, 4) is 0 Å². The summed E-state index contributed by atoms with van der Waals surface area (Å²) >= 11 is 0.708. The van der Waals surface area contributed by atoms with Crippen LogP contribution < -0.4 is 0 Å². The Balaban J connectivity index is 2.79. The van der Waals surface area contributed by atoms with Crippen LogP contribution in [0.4, 0.5) is 13.2 Å². The first-order chi connectivity index (χ1) is 6.89. The van der Waals surface area contributed by atoms with Crippen LogP contribution in [0.25, 0.3) is 0 Å². The fourth-order valence-corrected chi connectivity index (χ4v) is 1.27. The van der Waals surface area contributed by atoms with E-state index in [1.54, 1.807) is 0 Å². The number of carboxylic acid groups (broad SMARTS) is 1. The van der Waals surface area contributed by atoms with Gasteiger partial charge in [0.2, 0.25) is 5.82 Å². The summed E-state index contributed by atoms with van der Waals surface area (Å²) in [7, 11) is 0. The molecule has 0 aliphatic carbocycles. The predicted octanol–water partition coefficient (Wildman–Crippen LogP) is 1.67. The number of nitrogens with zero attached hydrogens (tertiary/aromatic N) is 2. The molecule has 0 atom stereocenters. The van der Waals surface area contributed by atoms with Crippen LogP contribution >= 0.6 is 11.8 Å². The lowest BCUT2D eigenvalue weighted by atomic mass is 10.5. The van der Waals surface area contributed by atoms with Gasteiger partial charge in [0, 0.05) is 6.20 Å². The van der Waals surface area contributed by atoms with E-state index in [1.165, 1.54) is 6.07 Å². The second kappa shape index (κ2) is 4.47. The molecule has 4 nitrogen and oxygen atoms in total. The van der Waals surface area contributed by atoms with E-state index in [4.69, 9.17) is 5.11 Å². The molecule has 0 radical (unpaired) electrons. The number of carboxylic acids is 1. The molecule has 0 saturated heterocycles. The predicted molar refractivity (Wildman–Crippen MR) is 45.4 cm³/mol. The maximum absolute atomic E-state index is 12.1. The fraction of sp³-hybridized carbons (Fsp3) is 0.286. The molecule has 0 aliphatic rings. The number of aromatic nitrogens is 2. The Bertz CT molecular complexity index is 369. The molecule has 0 aliphatic heterocycles. The first-order valence-corrected chi connectivity index (χ1v) is 4.63. The van der Waals surface area contributed by atoms with Crippen LogP contribution in [0.1, 0.15) is 5.82 Å². The van der Waals surface area contributed by atoms with Crippen LogP contribution in [-0.2, 0) is 11.0 Å². The van der Waals surface area contributed by atoms with Crippen molar-refractivity contribution < 1.29 is 23.1 Å². The summed E-state index contributed by atoms with van der Waals surface area (Å²) in [6.07, 6.45) is -3.67. The van der Waals surface area contributed by atoms with Crippen molar-refractivity contribution in [2.24, 2.45) is 0 Å². The van der Waals surface area contributed by atoms with Crippen LogP contribution in [0.3, 0.4) is 0 Å². The Morgan fingerprint density at radius 1 is 1.53 bits per heavy atom. The quantitative estimate of drug-likeness (QED) is 0.641. The topological polar surface area (TPSA) is 63.1 Å². The molecule has 1 rings (SSSR count). The van der Waals surface area contributed by atoms with Crippen LogP contribution in [0, 0.1) is 0 Å². The maximum Gasteiger partial charge on any atom is 0.451 e. The summed E-state index contributed by atoms with van der Waals surface area (Å²) in [6, 6.07) is 1.23. The Morgan fingerprint density at radius 3 is 2.73 bits per heavy atom. The van der Waals surface area contributed by atoms with Crippen molar-refractivity contribution >= 4 is 17.7 Å². The molecule has 0 unspecified atom stereocenters. The highest BCUT2D eigenvalue weighted by Gasteiger charge is 2.34. The largest absolute Gasteiger partial charge is 0.481 e. The van der Waals surface area contributed by atoms with Crippen molar-refractivity contribution in [3.05, 3.63) is 18.1 Å². The SMILES string of the molecule is O=C(O)CSc1ccnc(C(F)(F)F)n1. The molecule has 1 aromatic rings. The third-order valence-electron chi connectivity index (χ3n) is 1.23. The molecular weight excluding hydrogens is 233 g/mol. The number of carbonyl (C=O) groups is 1. The van der Waals surface area contributed by atoms with Gasteiger partial charge in [-0.3, -0.25) is 4.79 Å². The summed E-state index contributed by atoms with van der Waals surface area (Å²) in [4.78, 5) is 16.4. The lowest BCUT2D eigenvalue weighted by molar-refractivity contribution is -0.145. The Kier molecular flexibility index (Phi) is 3.51. The average molecular weight is 238 g/mol. The highest BCUT2D eigenvalue weighted by Crippen LogP contribution is 2.27. The van der Waals surface area contributed by atoms with Gasteiger partial charge < -0.3 is 5.11 Å². The van der Waals surface area contributed by atoms with E-state index in [-0.39, 0.29) is 10.8 Å². The third kappa shape index (κ3) is 3.74. The fourth-order valence-electron chi connectivity index (χ4n) is 0.695. The second-order valence-electron chi connectivity index (χ2n) is 2.40. The van der Waals surface area contributed by atoms with Crippen molar-refractivity contribution in [1.82, 2.24) is 9.97 Å². The lowest BCUT2D eigenvalue weighted by Crippen LogP contribution is -2.11. The summed E-state index contributed by atoms with van der Waals surface area (Å²) in [5.41, 5.74) is 0. The zero-order valence-corrected chi connectivity index (χ0v) is 7.97. The summed E-state index contributed by atoms with van der Waals surface area (Å²) < 4.78 is 36.3. The van der Waals surface area contributed by atoms with Crippen molar-refractivity contribution in [3.63, 3.8) is 0 Å². The molecule has 0 spiro atoms. The molecule has 0 saturated carbocycles. The van der Waals surface area contributed by atoms with Gasteiger partial charge in [0.15, 0.2) is 0 Å². The molecule has 15 heavy (non-hydrogen) atoms. The van der Waals surface area contributed by atoms with Crippen LogP contribution in [0.5, 0.6) is 0 Å². The number of aliphatic carboxylic acids is 1. The highest BCUT2D eigenvalue weighted by atomic mass is 32.2. The standard InChI is InChI=1S/C7H5F3N2O2S/c8-7(9,10)6-11-2-1-4(12-6)15-3-5(13)14/h1-2H,3H2,(H,13,14). The van der Waals surface area contributed by atoms with E-state index in [2.05, 4.69) is 9.97 Å². The summed E-state index contributed by atoms with van der Waals surface area (Å²) in [5, 5.41) is 8.30. The van der Waals surface area contributed by atoms with Gasteiger partial charge >= 0.3 is 12.1 Å². The van der Waals surface area contributed by atoms with Gasteiger partial charge in [0.25, 0.3) is 0 Å². The molecule has 0 bridgehead atoms. The van der Waals surface area contributed by atoms with Crippen molar-refractivity contribution in [2.45, 2.75) is 11.2 Å². The number of hydrogen-bond acceptors (Lipinski definition) is 4. The van der Waals surface area contributed by atoms with Gasteiger partial charge in [-0.1, -0.05) is 11.8 Å². The second-order valence-corrected chi connectivity index (χ2v) is 3.39. The molecule has 0 amide bonds. The summed E-state index contributed by atoms with van der Waals surface area (Å²) in [6.45, 7) is 0. The summed E-state index contributed by atoms with van der Waals surface area (Å²) in [5.74, 6) is -2.72. The maximum atomic E-state index is 12.1. The first-order valence-electron chi connectivity index (χ1n) is 3.64. The molecule has 0 fully saturated rings. The van der Waals surface area contributed by atoms with E-state index >= 15 is 0 Å². The zero-order chi connectivity index (χ0) is 11.5. The van der Waals surface area contributed by atoms with E-state index in [9.17, 15) is 18.0 Å². The first kappa shape index (κ1) is 11.8. The third-order valence-corrected chi connectivity index (χ3v) is 2.14. The Morgan fingerprint density at radius 2 is 2.20 bits per heavy atom. The molecule has 1 N–H and O–H groups in total. The van der Waals surface area contributed by atoms with Crippen LogP contribution in [0.2, 0.25) is 0 Å². The van der Waals surface area contributed by atoms with E-state index in [0.717, 1.165) is 6.20 Å². The molecule has 8 heteroatoms. The molecular formula is C7H5F3N2O2S. The highest BCUT2D eigenvalue weighted by molar-refractivity contribution is 7.99. The minimum atomic E-state index is -4.61. The number of rotatable bonds is 3. The van der Waals surface area contributed by atoms with Crippen LogP contribution in [0.15, 0.2) is 17.3 Å². The monoisotopic (exact) mass is 238 g/mol. The average Bonchev–Trinajstić information content (AvgIpc) is 2.14. The molecule has 1 heterocycles. The van der Waals surface area contributed by atoms with Crippen molar-refractivity contribution in [2.75, 3.05) is 5.75 Å². The van der Waals surface area contributed by atoms with Gasteiger partial charge in [0.1, 0.15) is 5.03 Å². The number of thioether (sulfide) groups is 1.